The van der Waals surface area contributed by atoms with Gasteiger partial charge in [-0.1, -0.05) is 12.8 Å². The largest absolute Gasteiger partial charge is 0.497 e. The molecule has 2 aliphatic rings. The van der Waals surface area contributed by atoms with Crippen LogP contribution in [0, 0.1) is 11.7 Å². The van der Waals surface area contributed by atoms with Gasteiger partial charge in [0.2, 0.25) is 5.91 Å². The van der Waals surface area contributed by atoms with E-state index in [0.29, 0.717) is 31.7 Å². The summed E-state index contributed by atoms with van der Waals surface area (Å²) < 4.78 is 19.1. The maximum absolute atomic E-state index is 14.1. The first kappa shape index (κ1) is 18.7. The summed E-state index contributed by atoms with van der Waals surface area (Å²) in [7, 11) is 1.46. The van der Waals surface area contributed by atoms with Gasteiger partial charge in [-0.05, 0) is 37.8 Å². The van der Waals surface area contributed by atoms with Crippen molar-refractivity contribution in [3.8, 4) is 5.75 Å². The minimum atomic E-state index is -0.572. The minimum absolute atomic E-state index is 0.0159. The van der Waals surface area contributed by atoms with Crippen molar-refractivity contribution in [1.82, 2.24) is 9.80 Å². The Labute approximate surface area is 154 Å². The summed E-state index contributed by atoms with van der Waals surface area (Å²) in [5.74, 6) is -0.281. The van der Waals surface area contributed by atoms with E-state index in [2.05, 4.69) is 0 Å². The van der Waals surface area contributed by atoms with Gasteiger partial charge in [0, 0.05) is 38.2 Å². The summed E-state index contributed by atoms with van der Waals surface area (Å²) in [6.07, 6.45) is 5.87. The lowest BCUT2D eigenvalue weighted by atomic mass is 9.94. The molecule has 0 atom stereocenters. The SMILES string of the molecule is COc1ccc(C(=O)N2CCC(C(=O)N3CCCCCC3)CC2)c(F)c1. The van der Waals surface area contributed by atoms with Gasteiger partial charge in [0.15, 0.2) is 0 Å². The van der Waals surface area contributed by atoms with Gasteiger partial charge in [-0.25, -0.2) is 4.39 Å². The highest BCUT2D eigenvalue weighted by atomic mass is 19.1. The van der Waals surface area contributed by atoms with E-state index in [1.54, 1.807) is 11.0 Å². The van der Waals surface area contributed by atoms with Crippen LogP contribution in [-0.2, 0) is 4.79 Å². The van der Waals surface area contributed by atoms with E-state index in [4.69, 9.17) is 4.74 Å². The van der Waals surface area contributed by atoms with Crippen molar-refractivity contribution in [1.29, 1.82) is 0 Å². The van der Waals surface area contributed by atoms with Crippen molar-refractivity contribution < 1.29 is 18.7 Å². The van der Waals surface area contributed by atoms with Crippen LogP contribution in [0.4, 0.5) is 4.39 Å². The first-order chi connectivity index (χ1) is 12.6. The Kier molecular flexibility index (Phi) is 6.12. The number of piperidine rings is 1. The van der Waals surface area contributed by atoms with Crippen LogP contribution < -0.4 is 4.74 Å². The third-order valence-electron chi connectivity index (χ3n) is 5.46. The number of amides is 2. The van der Waals surface area contributed by atoms with Crippen molar-refractivity contribution in [3.63, 3.8) is 0 Å². The summed E-state index contributed by atoms with van der Waals surface area (Å²) >= 11 is 0. The number of nitrogens with zero attached hydrogens (tertiary/aromatic N) is 2. The molecule has 3 rings (SSSR count). The van der Waals surface area contributed by atoms with Gasteiger partial charge in [0.25, 0.3) is 5.91 Å². The Bertz CT molecular complexity index is 648. The molecular formula is C20H27FN2O3. The molecule has 142 valence electrons. The summed E-state index contributed by atoms with van der Waals surface area (Å²) in [5, 5.41) is 0. The molecule has 6 heteroatoms. The Morgan fingerprint density at radius 3 is 2.23 bits per heavy atom. The van der Waals surface area contributed by atoms with Crippen LogP contribution >= 0.6 is 0 Å². The number of likely N-dealkylation sites (tertiary alicyclic amines) is 2. The smallest absolute Gasteiger partial charge is 0.256 e. The maximum atomic E-state index is 14.1. The molecule has 1 aromatic rings. The average molecular weight is 362 g/mol. The van der Waals surface area contributed by atoms with Gasteiger partial charge < -0.3 is 14.5 Å². The number of carbonyl (C=O) groups is 2. The Hall–Kier alpha value is -2.11. The number of ether oxygens (including phenoxy) is 1. The van der Waals surface area contributed by atoms with Crippen LogP contribution in [0.1, 0.15) is 48.9 Å². The molecule has 2 heterocycles. The number of hydrogen-bond donors (Lipinski definition) is 0. The fourth-order valence-electron chi connectivity index (χ4n) is 3.85. The van der Waals surface area contributed by atoms with Gasteiger partial charge in [-0.3, -0.25) is 9.59 Å². The number of rotatable bonds is 3. The van der Waals surface area contributed by atoms with E-state index in [1.807, 2.05) is 4.90 Å². The van der Waals surface area contributed by atoms with Crippen molar-refractivity contribution in [2.24, 2.45) is 5.92 Å². The average Bonchev–Trinajstić information content (AvgIpc) is 2.96. The second kappa shape index (κ2) is 8.52. The Morgan fingerprint density at radius 1 is 1.00 bits per heavy atom. The van der Waals surface area contributed by atoms with Crippen molar-refractivity contribution in [2.45, 2.75) is 38.5 Å². The highest BCUT2D eigenvalue weighted by Crippen LogP contribution is 2.24. The number of halogens is 1. The standard InChI is InChI=1S/C20H27FN2O3/c1-26-16-6-7-17(18(21)14-16)20(25)23-12-8-15(9-13-23)19(24)22-10-4-2-3-5-11-22/h6-7,14-15H,2-5,8-13H2,1H3. The second-order valence-corrected chi connectivity index (χ2v) is 7.15. The second-order valence-electron chi connectivity index (χ2n) is 7.15. The van der Waals surface area contributed by atoms with Crippen LogP contribution in [-0.4, -0.2) is 54.9 Å². The first-order valence-electron chi connectivity index (χ1n) is 9.51. The zero-order valence-corrected chi connectivity index (χ0v) is 15.4. The molecule has 2 aliphatic heterocycles. The molecule has 0 bridgehead atoms. The van der Waals surface area contributed by atoms with Gasteiger partial charge >= 0.3 is 0 Å². The van der Waals surface area contributed by atoms with Crippen LogP contribution in [0.2, 0.25) is 0 Å². The lowest BCUT2D eigenvalue weighted by molar-refractivity contribution is -0.136. The maximum Gasteiger partial charge on any atom is 0.256 e. The monoisotopic (exact) mass is 362 g/mol. The Balaban J connectivity index is 1.57. The molecule has 0 spiro atoms. The summed E-state index contributed by atoms with van der Waals surface area (Å²) in [5.41, 5.74) is 0.0584. The fourth-order valence-corrected chi connectivity index (χ4v) is 3.85. The highest BCUT2D eigenvalue weighted by Gasteiger charge is 2.31. The van der Waals surface area contributed by atoms with E-state index in [-0.39, 0.29) is 23.3 Å². The number of methoxy groups -OCH3 is 1. The van der Waals surface area contributed by atoms with Crippen LogP contribution in [0.5, 0.6) is 5.75 Å². The topological polar surface area (TPSA) is 49.9 Å². The molecule has 2 amide bonds. The fraction of sp³-hybridized carbons (Fsp3) is 0.600. The molecule has 5 nitrogen and oxygen atoms in total. The van der Waals surface area contributed by atoms with E-state index >= 15 is 0 Å². The highest BCUT2D eigenvalue weighted by molar-refractivity contribution is 5.94. The third-order valence-corrected chi connectivity index (χ3v) is 5.46. The lowest BCUT2D eigenvalue weighted by Crippen LogP contribution is -2.44. The quantitative estimate of drug-likeness (QED) is 0.830. The molecule has 0 aromatic heterocycles. The molecule has 0 radical (unpaired) electrons. The van der Waals surface area contributed by atoms with E-state index in [9.17, 15) is 14.0 Å². The Morgan fingerprint density at radius 2 is 1.65 bits per heavy atom. The first-order valence-corrected chi connectivity index (χ1v) is 9.51. The van der Waals surface area contributed by atoms with E-state index < -0.39 is 5.82 Å². The van der Waals surface area contributed by atoms with Crippen LogP contribution in [0.15, 0.2) is 18.2 Å². The van der Waals surface area contributed by atoms with Crippen LogP contribution in [0.3, 0.4) is 0 Å². The normalized spacial score (nSPS) is 19.2. The predicted octanol–water partition coefficient (Wildman–Crippen LogP) is 3.09. The molecule has 0 aliphatic carbocycles. The van der Waals surface area contributed by atoms with E-state index in [0.717, 1.165) is 25.9 Å². The summed E-state index contributed by atoms with van der Waals surface area (Å²) in [6.45, 7) is 2.70. The molecule has 0 unspecified atom stereocenters. The van der Waals surface area contributed by atoms with Gasteiger partial charge in [-0.2, -0.15) is 0 Å². The predicted molar refractivity (Wildman–Crippen MR) is 96.6 cm³/mol. The number of benzene rings is 1. The molecule has 2 saturated heterocycles. The van der Waals surface area contributed by atoms with Gasteiger partial charge in [0.05, 0.1) is 12.7 Å². The lowest BCUT2D eigenvalue weighted by Gasteiger charge is -2.34. The van der Waals surface area contributed by atoms with E-state index in [1.165, 1.54) is 32.1 Å². The summed E-state index contributed by atoms with van der Waals surface area (Å²) in [4.78, 5) is 29.0. The summed E-state index contributed by atoms with van der Waals surface area (Å²) in [6, 6.07) is 4.28. The third kappa shape index (κ3) is 4.17. The zero-order chi connectivity index (χ0) is 18.5. The van der Waals surface area contributed by atoms with Crippen molar-refractivity contribution in [2.75, 3.05) is 33.3 Å². The number of carbonyl (C=O) groups excluding carboxylic acids is 2. The van der Waals surface area contributed by atoms with Gasteiger partial charge in [-0.15, -0.1) is 0 Å². The van der Waals surface area contributed by atoms with Crippen LogP contribution in [0.25, 0.3) is 0 Å². The molecular weight excluding hydrogens is 335 g/mol. The van der Waals surface area contributed by atoms with Crippen molar-refractivity contribution in [3.05, 3.63) is 29.6 Å². The molecule has 0 N–H and O–H groups in total. The molecule has 1 aromatic carbocycles. The number of hydrogen-bond acceptors (Lipinski definition) is 3. The molecule has 0 saturated carbocycles. The zero-order valence-electron chi connectivity index (χ0n) is 15.4. The minimum Gasteiger partial charge on any atom is -0.497 e. The molecule has 26 heavy (non-hydrogen) atoms. The van der Waals surface area contributed by atoms with Crippen molar-refractivity contribution >= 4 is 11.8 Å². The molecule has 2 fully saturated rings. The van der Waals surface area contributed by atoms with Gasteiger partial charge in [0.1, 0.15) is 11.6 Å².